The van der Waals surface area contributed by atoms with Crippen molar-refractivity contribution in [3.63, 3.8) is 0 Å². The van der Waals surface area contributed by atoms with Crippen LogP contribution in [0.1, 0.15) is 45.1 Å². The summed E-state index contributed by atoms with van der Waals surface area (Å²) in [7, 11) is 0. The van der Waals surface area contributed by atoms with E-state index in [-0.39, 0.29) is 11.9 Å². The van der Waals surface area contributed by atoms with E-state index in [2.05, 4.69) is 19.6 Å². The molecule has 0 saturated heterocycles. The van der Waals surface area contributed by atoms with E-state index in [1.807, 2.05) is 13.0 Å². The summed E-state index contributed by atoms with van der Waals surface area (Å²) in [5.41, 5.74) is 4.34. The van der Waals surface area contributed by atoms with Gasteiger partial charge < -0.3 is 9.84 Å². The van der Waals surface area contributed by atoms with Crippen LogP contribution in [-0.4, -0.2) is 17.8 Å². The van der Waals surface area contributed by atoms with Gasteiger partial charge in [0.1, 0.15) is 0 Å². The van der Waals surface area contributed by atoms with E-state index in [0.29, 0.717) is 6.61 Å². The molecule has 2 rings (SSSR count). The lowest BCUT2D eigenvalue weighted by molar-refractivity contribution is 0.116. The van der Waals surface area contributed by atoms with Crippen molar-refractivity contribution < 1.29 is 14.2 Å². The monoisotopic (exact) mass is 316 g/mol. The van der Waals surface area contributed by atoms with Gasteiger partial charge in [0.2, 0.25) is 0 Å². The molecule has 1 unspecified atom stereocenters. The molecule has 1 aliphatic heterocycles. The highest BCUT2D eigenvalue weighted by atomic mass is 19.1. The van der Waals surface area contributed by atoms with Crippen LogP contribution in [0.2, 0.25) is 0 Å². The molecular formula is C20H25FO2. The number of phenolic OH excluding ortho intramolecular Hbond substituents is 1. The summed E-state index contributed by atoms with van der Waals surface area (Å²) in [4.78, 5) is 0. The van der Waals surface area contributed by atoms with E-state index >= 15 is 0 Å². The van der Waals surface area contributed by atoms with Gasteiger partial charge in [-0.2, -0.15) is 0 Å². The van der Waals surface area contributed by atoms with Gasteiger partial charge in [0, 0.05) is 0 Å². The quantitative estimate of drug-likeness (QED) is 0.730. The topological polar surface area (TPSA) is 29.5 Å². The SMILES string of the molecule is C=C(CCC)C1=CCOC1CC/C(C)=C/c1ccc(O)c(F)c1. The average molecular weight is 316 g/mol. The van der Waals surface area contributed by atoms with Gasteiger partial charge in [0.05, 0.1) is 12.7 Å². The summed E-state index contributed by atoms with van der Waals surface area (Å²) in [6, 6.07) is 4.44. The molecule has 0 fully saturated rings. The molecule has 0 spiro atoms. The summed E-state index contributed by atoms with van der Waals surface area (Å²) >= 11 is 0. The predicted octanol–water partition coefficient (Wildman–Crippen LogP) is 5.40. The number of rotatable bonds is 7. The highest BCUT2D eigenvalue weighted by Gasteiger charge is 2.21. The lowest BCUT2D eigenvalue weighted by Crippen LogP contribution is -2.11. The molecule has 0 saturated carbocycles. The van der Waals surface area contributed by atoms with Crippen LogP contribution in [0.25, 0.3) is 6.08 Å². The maximum absolute atomic E-state index is 13.4. The van der Waals surface area contributed by atoms with Crippen LogP contribution in [0.5, 0.6) is 5.75 Å². The summed E-state index contributed by atoms with van der Waals surface area (Å²) in [5, 5.41) is 9.22. The van der Waals surface area contributed by atoms with E-state index in [0.717, 1.165) is 36.8 Å². The smallest absolute Gasteiger partial charge is 0.165 e. The zero-order chi connectivity index (χ0) is 16.8. The van der Waals surface area contributed by atoms with Gasteiger partial charge in [-0.1, -0.05) is 43.7 Å². The Balaban J connectivity index is 1.94. The largest absolute Gasteiger partial charge is 0.505 e. The molecule has 0 bridgehead atoms. The molecule has 1 aromatic rings. The number of phenols is 1. The van der Waals surface area contributed by atoms with Crippen molar-refractivity contribution in [2.24, 2.45) is 0 Å². The Morgan fingerprint density at radius 1 is 1.43 bits per heavy atom. The number of allylic oxidation sites excluding steroid dienone is 1. The second-order valence-corrected chi connectivity index (χ2v) is 6.08. The average Bonchev–Trinajstić information content (AvgIpc) is 2.98. The van der Waals surface area contributed by atoms with Crippen LogP contribution >= 0.6 is 0 Å². The fraction of sp³-hybridized carbons (Fsp3) is 0.400. The van der Waals surface area contributed by atoms with Crippen molar-refractivity contribution in [2.75, 3.05) is 6.61 Å². The zero-order valence-electron chi connectivity index (χ0n) is 13.9. The Hall–Kier alpha value is -1.87. The summed E-state index contributed by atoms with van der Waals surface area (Å²) in [6.07, 6.45) is 8.08. The van der Waals surface area contributed by atoms with E-state index in [1.165, 1.54) is 23.3 Å². The number of hydrogen-bond acceptors (Lipinski definition) is 2. The Kier molecular flexibility index (Phi) is 6.17. The molecule has 1 N–H and O–H groups in total. The number of benzene rings is 1. The molecule has 124 valence electrons. The first-order chi connectivity index (χ1) is 11.0. The lowest BCUT2D eigenvalue weighted by atomic mass is 9.95. The molecule has 0 amide bonds. The molecule has 0 radical (unpaired) electrons. The summed E-state index contributed by atoms with van der Waals surface area (Å²) in [5.74, 6) is -0.907. The second kappa shape index (κ2) is 8.11. The van der Waals surface area contributed by atoms with Crippen LogP contribution in [0.3, 0.4) is 0 Å². The first-order valence-corrected chi connectivity index (χ1v) is 8.16. The molecule has 1 atom stereocenters. The fourth-order valence-corrected chi connectivity index (χ4v) is 2.86. The lowest BCUT2D eigenvalue weighted by Gasteiger charge is -2.16. The molecule has 0 aliphatic carbocycles. The van der Waals surface area contributed by atoms with Crippen LogP contribution in [0.15, 0.2) is 47.6 Å². The molecule has 3 heteroatoms. The normalized spacial score (nSPS) is 18.1. The fourth-order valence-electron chi connectivity index (χ4n) is 2.86. The second-order valence-electron chi connectivity index (χ2n) is 6.08. The minimum atomic E-state index is -0.591. The molecule has 2 nitrogen and oxygen atoms in total. The third kappa shape index (κ3) is 4.80. The maximum Gasteiger partial charge on any atom is 0.165 e. The van der Waals surface area contributed by atoms with Gasteiger partial charge in [-0.15, -0.1) is 0 Å². The van der Waals surface area contributed by atoms with Crippen molar-refractivity contribution in [1.82, 2.24) is 0 Å². The van der Waals surface area contributed by atoms with E-state index < -0.39 is 5.82 Å². The van der Waals surface area contributed by atoms with E-state index in [4.69, 9.17) is 4.74 Å². The van der Waals surface area contributed by atoms with Crippen LogP contribution < -0.4 is 0 Å². The van der Waals surface area contributed by atoms with Crippen LogP contribution in [0, 0.1) is 5.82 Å². The minimum Gasteiger partial charge on any atom is -0.505 e. The van der Waals surface area contributed by atoms with Crippen molar-refractivity contribution >= 4 is 6.08 Å². The van der Waals surface area contributed by atoms with E-state index in [1.54, 1.807) is 6.07 Å². The van der Waals surface area contributed by atoms with Gasteiger partial charge >= 0.3 is 0 Å². The van der Waals surface area contributed by atoms with Gasteiger partial charge in [-0.05, 0) is 55.0 Å². The molecule has 23 heavy (non-hydrogen) atoms. The number of aromatic hydroxyl groups is 1. The minimum absolute atomic E-state index is 0.119. The molecule has 1 heterocycles. The summed E-state index contributed by atoms with van der Waals surface area (Å²) in [6.45, 7) is 9.01. The Morgan fingerprint density at radius 2 is 2.22 bits per heavy atom. The first-order valence-electron chi connectivity index (χ1n) is 8.16. The third-order valence-corrected chi connectivity index (χ3v) is 4.09. The van der Waals surface area contributed by atoms with Crippen LogP contribution in [-0.2, 0) is 4.74 Å². The molecular weight excluding hydrogens is 291 g/mol. The maximum atomic E-state index is 13.4. The van der Waals surface area contributed by atoms with Gasteiger partial charge in [0.15, 0.2) is 11.6 Å². The Bertz CT molecular complexity index is 629. The van der Waals surface area contributed by atoms with Gasteiger partial charge in [0.25, 0.3) is 0 Å². The number of ether oxygens (including phenoxy) is 1. The Labute approximate surface area is 138 Å². The zero-order valence-corrected chi connectivity index (χ0v) is 13.9. The number of hydrogen-bond donors (Lipinski definition) is 1. The third-order valence-electron chi connectivity index (χ3n) is 4.09. The first kappa shape index (κ1) is 17.5. The van der Waals surface area contributed by atoms with Crippen molar-refractivity contribution in [3.8, 4) is 5.75 Å². The summed E-state index contributed by atoms with van der Waals surface area (Å²) < 4.78 is 19.2. The number of halogens is 1. The van der Waals surface area contributed by atoms with Crippen LogP contribution in [0.4, 0.5) is 4.39 Å². The Morgan fingerprint density at radius 3 is 2.91 bits per heavy atom. The molecule has 1 aromatic carbocycles. The standard InChI is InChI=1S/C20H25FO2/c1-4-5-15(3)17-10-11-23-20(17)9-6-14(2)12-16-7-8-19(22)18(21)13-16/h7-8,10,12-13,20,22H,3-6,9,11H2,1-2H3/b14-12+. The van der Waals surface area contributed by atoms with Gasteiger partial charge in [-0.25, -0.2) is 4.39 Å². The van der Waals surface area contributed by atoms with E-state index in [9.17, 15) is 9.50 Å². The van der Waals surface area contributed by atoms with Crippen molar-refractivity contribution in [3.05, 3.63) is 59.0 Å². The molecule has 0 aromatic heterocycles. The predicted molar refractivity (Wildman–Crippen MR) is 92.8 cm³/mol. The highest BCUT2D eigenvalue weighted by molar-refractivity contribution is 5.53. The highest BCUT2D eigenvalue weighted by Crippen LogP contribution is 2.28. The van der Waals surface area contributed by atoms with Gasteiger partial charge in [-0.3, -0.25) is 0 Å². The van der Waals surface area contributed by atoms with Crippen molar-refractivity contribution in [2.45, 2.75) is 45.6 Å². The van der Waals surface area contributed by atoms with Crippen molar-refractivity contribution in [1.29, 1.82) is 0 Å². The molecule has 1 aliphatic rings.